The fraction of sp³-hybridized carbons (Fsp3) is 0.438. The third kappa shape index (κ3) is 3.67. The van der Waals surface area contributed by atoms with Gasteiger partial charge in [0.1, 0.15) is 0 Å². The molecular formula is C16H23N3. The summed E-state index contributed by atoms with van der Waals surface area (Å²) in [5.41, 5.74) is 3.94. The molecule has 0 aliphatic heterocycles. The van der Waals surface area contributed by atoms with Gasteiger partial charge in [-0.2, -0.15) is 5.10 Å². The molecule has 0 bridgehead atoms. The molecule has 1 aromatic carbocycles. The minimum Gasteiger partial charge on any atom is -0.309 e. The summed E-state index contributed by atoms with van der Waals surface area (Å²) in [5, 5.41) is 8.04. The Hall–Kier alpha value is -1.61. The van der Waals surface area contributed by atoms with E-state index in [2.05, 4.69) is 54.6 Å². The monoisotopic (exact) mass is 257 g/mol. The smallest absolute Gasteiger partial charge is 0.0793 e. The van der Waals surface area contributed by atoms with Crippen LogP contribution in [0.4, 0.5) is 0 Å². The van der Waals surface area contributed by atoms with Crippen LogP contribution in [-0.4, -0.2) is 16.3 Å². The molecule has 0 aliphatic carbocycles. The normalized spacial score (nSPS) is 12.6. The molecule has 1 heterocycles. The Balaban J connectivity index is 2.03. The van der Waals surface area contributed by atoms with Crippen molar-refractivity contribution < 1.29 is 0 Å². The van der Waals surface area contributed by atoms with E-state index in [9.17, 15) is 0 Å². The fourth-order valence-corrected chi connectivity index (χ4v) is 2.41. The van der Waals surface area contributed by atoms with Crippen LogP contribution in [0.25, 0.3) is 0 Å². The third-order valence-corrected chi connectivity index (χ3v) is 3.51. The number of benzene rings is 1. The van der Waals surface area contributed by atoms with Crippen LogP contribution in [0.5, 0.6) is 0 Å². The average Bonchev–Trinajstić information content (AvgIpc) is 2.83. The van der Waals surface area contributed by atoms with E-state index in [1.807, 2.05) is 17.9 Å². The van der Waals surface area contributed by atoms with Crippen LogP contribution >= 0.6 is 0 Å². The lowest BCUT2D eigenvalue weighted by atomic mass is 9.99. The maximum atomic E-state index is 4.52. The average molecular weight is 257 g/mol. The second-order valence-electron chi connectivity index (χ2n) is 4.99. The van der Waals surface area contributed by atoms with Gasteiger partial charge in [0.05, 0.1) is 11.7 Å². The first-order chi connectivity index (χ1) is 9.20. The molecule has 1 N–H and O–H groups in total. The van der Waals surface area contributed by atoms with Crippen molar-refractivity contribution >= 4 is 0 Å². The fourth-order valence-electron chi connectivity index (χ4n) is 2.41. The maximum absolute atomic E-state index is 4.52. The maximum Gasteiger partial charge on any atom is 0.0793 e. The van der Waals surface area contributed by atoms with Gasteiger partial charge in [0.2, 0.25) is 0 Å². The van der Waals surface area contributed by atoms with Gasteiger partial charge in [-0.15, -0.1) is 0 Å². The molecule has 19 heavy (non-hydrogen) atoms. The van der Waals surface area contributed by atoms with Crippen LogP contribution in [0.3, 0.4) is 0 Å². The Labute approximate surface area is 115 Å². The number of rotatable bonds is 6. The van der Waals surface area contributed by atoms with Crippen LogP contribution in [0.1, 0.15) is 36.2 Å². The standard InChI is InChI=1S/C16H23N3/c1-4-17-15(16-11-12-19(3)18-16)10-9-14-8-6-5-7-13(14)2/h5-8,11-12,15,17H,4,9-10H2,1-3H3. The van der Waals surface area contributed by atoms with E-state index < -0.39 is 0 Å². The predicted octanol–water partition coefficient (Wildman–Crippen LogP) is 3.01. The molecule has 1 unspecified atom stereocenters. The van der Waals surface area contributed by atoms with Crippen molar-refractivity contribution in [2.75, 3.05) is 6.54 Å². The van der Waals surface area contributed by atoms with Crippen molar-refractivity contribution in [2.24, 2.45) is 7.05 Å². The van der Waals surface area contributed by atoms with Gasteiger partial charge in [-0.05, 0) is 43.5 Å². The molecule has 0 radical (unpaired) electrons. The molecule has 0 amide bonds. The molecular weight excluding hydrogens is 234 g/mol. The van der Waals surface area contributed by atoms with Gasteiger partial charge >= 0.3 is 0 Å². The van der Waals surface area contributed by atoms with E-state index >= 15 is 0 Å². The molecule has 3 heteroatoms. The van der Waals surface area contributed by atoms with Crippen molar-refractivity contribution in [3.05, 3.63) is 53.3 Å². The molecule has 3 nitrogen and oxygen atoms in total. The second kappa shape index (κ2) is 6.53. The van der Waals surface area contributed by atoms with E-state index in [0.717, 1.165) is 25.1 Å². The van der Waals surface area contributed by atoms with Gasteiger partial charge in [0.15, 0.2) is 0 Å². The Kier molecular flexibility index (Phi) is 4.74. The highest BCUT2D eigenvalue weighted by Gasteiger charge is 2.13. The molecule has 102 valence electrons. The zero-order chi connectivity index (χ0) is 13.7. The molecule has 0 saturated heterocycles. The van der Waals surface area contributed by atoms with E-state index in [1.54, 1.807) is 0 Å². The SMILES string of the molecule is CCNC(CCc1ccccc1C)c1ccn(C)n1. The highest BCUT2D eigenvalue weighted by molar-refractivity contribution is 5.25. The summed E-state index contributed by atoms with van der Waals surface area (Å²) in [6.07, 6.45) is 4.17. The summed E-state index contributed by atoms with van der Waals surface area (Å²) < 4.78 is 1.87. The Bertz CT molecular complexity index is 516. The van der Waals surface area contributed by atoms with Crippen LogP contribution < -0.4 is 5.32 Å². The summed E-state index contributed by atoms with van der Waals surface area (Å²) in [7, 11) is 1.97. The summed E-state index contributed by atoms with van der Waals surface area (Å²) >= 11 is 0. The summed E-state index contributed by atoms with van der Waals surface area (Å²) in [6.45, 7) is 5.29. The number of hydrogen-bond acceptors (Lipinski definition) is 2. The first-order valence-electron chi connectivity index (χ1n) is 6.98. The first-order valence-corrected chi connectivity index (χ1v) is 6.98. The molecule has 1 atom stereocenters. The third-order valence-electron chi connectivity index (χ3n) is 3.51. The van der Waals surface area contributed by atoms with E-state index in [4.69, 9.17) is 0 Å². The number of nitrogens with zero attached hydrogens (tertiary/aromatic N) is 2. The predicted molar refractivity (Wildman–Crippen MR) is 79.1 cm³/mol. The van der Waals surface area contributed by atoms with Crippen molar-refractivity contribution in [3.63, 3.8) is 0 Å². The van der Waals surface area contributed by atoms with Gasteiger partial charge in [0.25, 0.3) is 0 Å². The minimum absolute atomic E-state index is 0.339. The van der Waals surface area contributed by atoms with E-state index in [0.29, 0.717) is 6.04 Å². The summed E-state index contributed by atoms with van der Waals surface area (Å²) in [4.78, 5) is 0. The van der Waals surface area contributed by atoms with Crippen molar-refractivity contribution in [3.8, 4) is 0 Å². The molecule has 0 saturated carbocycles. The molecule has 2 aromatic rings. The summed E-state index contributed by atoms with van der Waals surface area (Å²) in [6, 6.07) is 11.1. The lowest BCUT2D eigenvalue weighted by molar-refractivity contribution is 0.497. The number of hydrogen-bond donors (Lipinski definition) is 1. The van der Waals surface area contributed by atoms with Gasteiger partial charge in [-0.3, -0.25) is 4.68 Å². The van der Waals surface area contributed by atoms with E-state index in [-0.39, 0.29) is 0 Å². The lowest BCUT2D eigenvalue weighted by Crippen LogP contribution is -2.22. The van der Waals surface area contributed by atoms with Crippen molar-refractivity contribution in [1.29, 1.82) is 0 Å². The van der Waals surface area contributed by atoms with Crippen LogP contribution in [-0.2, 0) is 13.5 Å². The van der Waals surface area contributed by atoms with Crippen LogP contribution in [0.2, 0.25) is 0 Å². The number of aryl methyl sites for hydroxylation is 3. The molecule has 0 spiro atoms. The Morgan fingerprint density at radius 1 is 1.26 bits per heavy atom. The van der Waals surface area contributed by atoms with Gasteiger partial charge in [0, 0.05) is 13.2 Å². The molecule has 0 aliphatic rings. The Morgan fingerprint density at radius 3 is 2.68 bits per heavy atom. The zero-order valence-corrected chi connectivity index (χ0v) is 12.1. The topological polar surface area (TPSA) is 29.9 Å². The number of nitrogens with one attached hydrogen (secondary N) is 1. The molecule has 1 aromatic heterocycles. The van der Waals surface area contributed by atoms with Gasteiger partial charge in [-0.25, -0.2) is 0 Å². The zero-order valence-electron chi connectivity index (χ0n) is 12.1. The second-order valence-corrected chi connectivity index (χ2v) is 4.99. The Morgan fingerprint density at radius 2 is 2.05 bits per heavy atom. The molecule has 2 rings (SSSR count). The van der Waals surface area contributed by atoms with Crippen molar-refractivity contribution in [2.45, 2.75) is 32.7 Å². The largest absolute Gasteiger partial charge is 0.309 e. The van der Waals surface area contributed by atoms with E-state index in [1.165, 1.54) is 11.1 Å². The number of aromatic nitrogens is 2. The van der Waals surface area contributed by atoms with Gasteiger partial charge < -0.3 is 5.32 Å². The highest BCUT2D eigenvalue weighted by atomic mass is 15.3. The minimum atomic E-state index is 0.339. The molecule has 0 fully saturated rings. The highest BCUT2D eigenvalue weighted by Crippen LogP contribution is 2.19. The quantitative estimate of drug-likeness (QED) is 0.862. The van der Waals surface area contributed by atoms with Crippen LogP contribution in [0.15, 0.2) is 36.5 Å². The summed E-state index contributed by atoms with van der Waals surface area (Å²) in [5.74, 6) is 0. The van der Waals surface area contributed by atoms with Crippen LogP contribution in [0, 0.1) is 6.92 Å². The lowest BCUT2D eigenvalue weighted by Gasteiger charge is -2.16. The first kappa shape index (κ1) is 13.8. The van der Waals surface area contributed by atoms with Crippen molar-refractivity contribution in [1.82, 2.24) is 15.1 Å². The van der Waals surface area contributed by atoms with Gasteiger partial charge in [-0.1, -0.05) is 31.2 Å².